The molecule has 0 aliphatic carbocycles. The highest BCUT2D eigenvalue weighted by atomic mass is 32.2. The quantitative estimate of drug-likeness (QED) is 0.350. The van der Waals surface area contributed by atoms with Crippen LogP contribution in [0.2, 0.25) is 0 Å². The molecule has 1 heterocycles. The molecule has 0 bridgehead atoms. The number of benzene rings is 2. The van der Waals surface area contributed by atoms with Crippen LogP contribution >= 0.6 is 11.8 Å². The minimum absolute atomic E-state index is 0.138. The predicted molar refractivity (Wildman–Crippen MR) is 124 cm³/mol. The fourth-order valence-electron chi connectivity index (χ4n) is 3.10. The third-order valence-corrected chi connectivity index (χ3v) is 5.62. The van der Waals surface area contributed by atoms with Gasteiger partial charge in [-0.15, -0.1) is 16.8 Å². The molecular weight excluding hydrogens is 428 g/mol. The maximum absolute atomic E-state index is 12.5. The zero-order valence-electron chi connectivity index (χ0n) is 18.3. The highest BCUT2D eigenvalue weighted by Crippen LogP contribution is 2.34. The number of nitrogens with one attached hydrogen (secondary N) is 1. The van der Waals surface area contributed by atoms with Gasteiger partial charge < -0.3 is 19.5 Å². The number of methoxy groups -OCH3 is 3. The summed E-state index contributed by atoms with van der Waals surface area (Å²) in [6.45, 7) is 4.65. The van der Waals surface area contributed by atoms with Crippen molar-refractivity contribution in [3.8, 4) is 28.6 Å². The number of hydrogen-bond acceptors (Lipinski definition) is 7. The fourth-order valence-corrected chi connectivity index (χ4v) is 3.87. The van der Waals surface area contributed by atoms with Crippen molar-refractivity contribution >= 4 is 17.7 Å². The first-order valence-corrected chi connectivity index (χ1v) is 10.9. The van der Waals surface area contributed by atoms with E-state index < -0.39 is 0 Å². The van der Waals surface area contributed by atoms with E-state index >= 15 is 0 Å². The second-order valence-electron chi connectivity index (χ2n) is 6.66. The molecule has 0 fully saturated rings. The average molecular weight is 455 g/mol. The van der Waals surface area contributed by atoms with Crippen molar-refractivity contribution in [2.24, 2.45) is 0 Å². The van der Waals surface area contributed by atoms with Gasteiger partial charge in [-0.05, 0) is 6.07 Å². The van der Waals surface area contributed by atoms with Crippen LogP contribution in [-0.2, 0) is 17.9 Å². The monoisotopic (exact) mass is 454 g/mol. The molecule has 168 valence electrons. The van der Waals surface area contributed by atoms with E-state index in [9.17, 15) is 4.79 Å². The zero-order valence-corrected chi connectivity index (χ0v) is 19.1. The predicted octanol–water partition coefficient (Wildman–Crippen LogP) is 3.57. The lowest BCUT2D eigenvalue weighted by molar-refractivity contribution is -0.118. The molecule has 0 atom stereocenters. The molecule has 3 rings (SSSR count). The lowest BCUT2D eigenvalue weighted by atomic mass is 10.1. The molecule has 2 aromatic carbocycles. The SMILES string of the molecule is C=CCn1c(SCC(=O)NCc2cc(OC)c(OC)cc2OC)nnc1-c1ccccc1. The van der Waals surface area contributed by atoms with E-state index in [-0.39, 0.29) is 18.2 Å². The van der Waals surface area contributed by atoms with Crippen molar-refractivity contribution in [2.75, 3.05) is 27.1 Å². The molecule has 1 amide bonds. The summed E-state index contributed by atoms with van der Waals surface area (Å²) < 4.78 is 18.0. The highest BCUT2D eigenvalue weighted by molar-refractivity contribution is 7.99. The van der Waals surface area contributed by atoms with Crippen molar-refractivity contribution in [1.29, 1.82) is 0 Å². The van der Waals surface area contributed by atoms with E-state index in [1.165, 1.54) is 11.8 Å². The number of rotatable bonds is 11. The summed E-state index contributed by atoms with van der Waals surface area (Å²) in [5, 5.41) is 12.1. The first-order chi connectivity index (χ1) is 15.6. The van der Waals surface area contributed by atoms with Crippen LogP contribution in [-0.4, -0.2) is 47.8 Å². The molecule has 0 saturated heterocycles. The van der Waals surface area contributed by atoms with Crippen LogP contribution in [0.1, 0.15) is 5.56 Å². The molecule has 32 heavy (non-hydrogen) atoms. The number of carbonyl (C=O) groups excluding carboxylic acids is 1. The summed E-state index contributed by atoms with van der Waals surface area (Å²) >= 11 is 1.32. The number of ether oxygens (including phenoxy) is 3. The Bertz CT molecular complexity index is 1070. The average Bonchev–Trinajstić information content (AvgIpc) is 3.24. The van der Waals surface area contributed by atoms with Crippen LogP contribution in [0.15, 0.2) is 60.3 Å². The number of aromatic nitrogens is 3. The third kappa shape index (κ3) is 5.42. The molecule has 1 N–H and O–H groups in total. The van der Waals surface area contributed by atoms with Crippen LogP contribution in [0, 0.1) is 0 Å². The minimum atomic E-state index is -0.138. The van der Waals surface area contributed by atoms with Gasteiger partial charge in [0.2, 0.25) is 5.91 Å². The molecule has 1 aromatic heterocycles. The molecule has 0 spiro atoms. The molecule has 0 unspecified atom stereocenters. The van der Waals surface area contributed by atoms with Gasteiger partial charge in [0.1, 0.15) is 5.75 Å². The van der Waals surface area contributed by atoms with Crippen molar-refractivity contribution in [2.45, 2.75) is 18.2 Å². The third-order valence-electron chi connectivity index (χ3n) is 4.66. The maximum atomic E-state index is 12.5. The molecule has 0 aliphatic heterocycles. The van der Waals surface area contributed by atoms with Crippen LogP contribution in [0.25, 0.3) is 11.4 Å². The second kappa shape index (κ2) is 11.2. The number of hydrogen-bond donors (Lipinski definition) is 1. The number of amides is 1. The molecule has 0 radical (unpaired) electrons. The van der Waals surface area contributed by atoms with Gasteiger partial charge in [0.05, 0.1) is 27.1 Å². The van der Waals surface area contributed by atoms with Crippen LogP contribution in [0.3, 0.4) is 0 Å². The second-order valence-corrected chi connectivity index (χ2v) is 7.60. The Hall–Kier alpha value is -3.46. The Morgan fingerprint density at radius 1 is 1.06 bits per heavy atom. The van der Waals surface area contributed by atoms with Gasteiger partial charge in [-0.2, -0.15) is 0 Å². The van der Waals surface area contributed by atoms with Gasteiger partial charge in [0.15, 0.2) is 22.5 Å². The van der Waals surface area contributed by atoms with Gasteiger partial charge in [-0.25, -0.2) is 0 Å². The first-order valence-electron chi connectivity index (χ1n) is 9.89. The van der Waals surface area contributed by atoms with E-state index in [4.69, 9.17) is 14.2 Å². The van der Waals surface area contributed by atoms with E-state index in [1.807, 2.05) is 34.9 Å². The number of nitrogens with zero attached hydrogens (tertiary/aromatic N) is 3. The van der Waals surface area contributed by atoms with Crippen molar-refractivity contribution in [1.82, 2.24) is 20.1 Å². The molecule has 9 heteroatoms. The smallest absolute Gasteiger partial charge is 0.230 e. The molecule has 0 saturated carbocycles. The lowest BCUT2D eigenvalue weighted by Gasteiger charge is -2.14. The van der Waals surface area contributed by atoms with Crippen molar-refractivity contribution < 1.29 is 19.0 Å². The topological polar surface area (TPSA) is 87.5 Å². The normalized spacial score (nSPS) is 10.5. The Morgan fingerprint density at radius 2 is 1.75 bits per heavy atom. The van der Waals surface area contributed by atoms with Crippen molar-refractivity contribution in [3.63, 3.8) is 0 Å². The standard InChI is InChI=1S/C23H26N4O4S/c1-5-11-27-22(16-9-7-6-8-10-16)25-26-23(27)32-15-21(28)24-14-17-12-19(30-3)20(31-4)13-18(17)29-2/h5-10,12-13H,1,11,14-15H2,2-4H3,(H,24,28). The lowest BCUT2D eigenvalue weighted by Crippen LogP contribution is -2.25. The van der Waals surface area contributed by atoms with Crippen molar-refractivity contribution in [3.05, 3.63) is 60.7 Å². The maximum Gasteiger partial charge on any atom is 0.230 e. The van der Waals surface area contributed by atoms with E-state index in [0.29, 0.717) is 28.9 Å². The highest BCUT2D eigenvalue weighted by Gasteiger charge is 2.16. The summed E-state index contributed by atoms with van der Waals surface area (Å²) in [6, 6.07) is 13.3. The Balaban J connectivity index is 1.66. The van der Waals surface area contributed by atoms with Gasteiger partial charge in [0.25, 0.3) is 0 Å². The van der Waals surface area contributed by atoms with Crippen LogP contribution in [0.4, 0.5) is 0 Å². The van der Waals surface area contributed by atoms with Crippen LogP contribution < -0.4 is 19.5 Å². The number of thioether (sulfide) groups is 1. The Kier molecular flexibility index (Phi) is 8.15. The Labute approximate surface area is 191 Å². The first kappa shape index (κ1) is 23.2. The molecule has 3 aromatic rings. The number of allylic oxidation sites excluding steroid dienone is 1. The van der Waals surface area contributed by atoms with Gasteiger partial charge >= 0.3 is 0 Å². The van der Waals surface area contributed by atoms with Crippen LogP contribution in [0.5, 0.6) is 17.2 Å². The van der Waals surface area contributed by atoms with Gasteiger partial charge in [0, 0.05) is 30.3 Å². The fraction of sp³-hybridized carbons (Fsp3) is 0.261. The minimum Gasteiger partial charge on any atom is -0.496 e. The summed E-state index contributed by atoms with van der Waals surface area (Å²) in [6.07, 6.45) is 1.78. The molecule has 0 aliphatic rings. The summed E-state index contributed by atoms with van der Waals surface area (Å²) in [4.78, 5) is 12.5. The summed E-state index contributed by atoms with van der Waals surface area (Å²) in [5.74, 6) is 2.53. The summed E-state index contributed by atoms with van der Waals surface area (Å²) in [7, 11) is 4.69. The van der Waals surface area contributed by atoms with E-state index in [2.05, 4.69) is 22.1 Å². The largest absolute Gasteiger partial charge is 0.496 e. The van der Waals surface area contributed by atoms with E-state index in [1.54, 1.807) is 39.5 Å². The van der Waals surface area contributed by atoms with Gasteiger partial charge in [-0.3, -0.25) is 9.36 Å². The van der Waals surface area contributed by atoms with Gasteiger partial charge in [-0.1, -0.05) is 48.2 Å². The van der Waals surface area contributed by atoms with E-state index in [0.717, 1.165) is 17.0 Å². The molecule has 8 nitrogen and oxygen atoms in total. The Morgan fingerprint density at radius 3 is 2.41 bits per heavy atom. The molecular formula is C23H26N4O4S. The summed E-state index contributed by atoms with van der Waals surface area (Å²) in [5.41, 5.74) is 1.74. The number of carbonyl (C=O) groups is 1. The zero-order chi connectivity index (χ0) is 22.9.